The first-order valence-corrected chi connectivity index (χ1v) is 6.81. The van der Waals surface area contributed by atoms with E-state index >= 15 is 0 Å². The van der Waals surface area contributed by atoms with Gasteiger partial charge >= 0.3 is 12.0 Å². The molecule has 1 rings (SSSR count). The van der Waals surface area contributed by atoms with Gasteiger partial charge in [-0.1, -0.05) is 6.07 Å². The first-order chi connectivity index (χ1) is 9.65. The predicted molar refractivity (Wildman–Crippen MR) is 81.1 cm³/mol. The van der Waals surface area contributed by atoms with Crippen LogP contribution in [0, 0.1) is 5.41 Å². The fourth-order valence-corrected chi connectivity index (χ4v) is 1.84. The summed E-state index contributed by atoms with van der Waals surface area (Å²) in [5.41, 5.74) is 4.39. The number of aromatic carboxylic acids is 1. The molecule has 114 valence electrons. The quantitative estimate of drug-likeness (QED) is 0.641. The van der Waals surface area contributed by atoms with Crippen LogP contribution in [0.25, 0.3) is 0 Å². The summed E-state index contributed by atoms with van der Waals surface area (Å²) in [5.74, 6) is -1.71. The third-order valence-electron chi connectivity index (χ3n) is 2.84. The van der Waals surface area contributed by atoms with Gasteiger partial charge in [-0.2, -0.15) is 0 Å². The van der Waals surface area contributed by atoms with Crippen molar-refractivity contribution in [3.8, 4) is 0 Å². The van der Waals surface area contributed by atoms with Gasteiger partial charge in [0.05, 0.1) is 16.7 Å². The molecule has 0 atom stereocenters. The number of urea groups is 1. The normalized spacial score (nSPS) is 10.8. The second-order valence-electron chi connectivity index (χ2n) is 5.02. The van der Waals surface area contributed by atoms with Crippen LogP contribution in [0.15, 0.2) is 22.7 Å². The number of rotatable bonds is 5. The minimum atomic E-state index is -1.16. The molecule has 21 heavy (non-hydrogen) atoms. The fourth-order valence-electron chi connectivity index (χ4n) is 1.38. The number of carboxylic acid groups (broad SMARTS) is 1. The SMILES string of the molecule is CC(C)(CNC(=O)Nc1c(Br)cccc1C(=O)O)C(N)=O. The highest BCUT2D eigenvalue weighted by molar-refractivity contribution is 9.10. The average Bonchev–Trinajstić information content (AvgIpc) is 2.38. The number of carbonyl (C=O) groups is 3. The molecule has 7 nitrogen and oxygen atoms in total. The molecule has 0 radical (unpaired) electrons. The van der Waals surface area contributed by atoms with E-state index in [4.69, 9.17) is 10.8 Å². The number of carbonyl (C=O) groups excluding carboxylic acids is 2. The van der Waals surface area contributed by atoms with Crippen LogP contribution in [0.4, 0.5) is 10.5 Å². The smallest absolute Gasteiger partial charge is 0.337 e. The highest BCUT2D eigenvalue weighted by atomic mass is 79.9. The zero-order valence-corrected chi connectivity index (χ0v) is 13.2. The molecule has 0 bridgehead atoms. The number of carboxylic acids is 1. The number of nitrogens with one attached hydrogen (secondary N) is 2. The van der Waals surface area contributed by atoms with Crippen molar-refractivity contribution < 1.29 is 19.5 Å². The van der Waals surface area contributed by atoms with Gasteiger partial charge in [0.15, 0.2) is 0 Å². The van der Waals surface area contributed by atoms with E-state index in [0.717, 1.165) is 0 Å². The van der Waals surface area contributed by atoms with Crippen molar-refractivity contribution in [3.05, 3.63) is 28.2 Å². The lowest BCUT2D eigenvalue weighted by Gasteiger charge is -2.21. The average molecular weight is 358 g/mol. The van der Waals surface area contributed by atoms with Crippen molar-refractivity contribution in [2.75, 3.05) is 11.9 Å². The van der Waals surface area contributed by atoms with Gasteiger partial charge in [0.2, 0.25) is 5.91 Å². The molecule has 1 aromatic carbocycles. The Morgan fingerprint density at radius 1 is 1.33 bits per heavy atom. The molecular formula is C13H16BrN3O4. The Bertz CT molecular complexity index is 587. The summed E-state index contributed by atoms with van der Waals surface area (Å²) in [6, 6.07) is 3.90. The van der Waals surface area contributed by atoms with E-state index in [1.165, 1.54) is 6.07 Å². The molecule has 0 fully saturated rings. The molecular weight excluding hydrogens is 342 g/mol. The number of para-hydroxylation sites is 1. The van der Waals surface area contributed by atoms with E-state index in [1.54, 1.807) is 26.0 Å². The van der Waals surface area contributed by atoms with Crippen LogP contribution in [-0.2, 0) is 4.79 Å². The molecule has 1 aromatic rings. The van der Waals surface area contributed by atoms with E-state index < -0.39 is 23.3 Å². The minimum Gasteiger partial charge on any atom is -0.478 e. The van der Waals surface area contributed by atoms with Crippen LogP contribution in [0.1, 0.15) is 24.2 Å². The van der Waals surface area contributed by atoms with Gasteiger partial charge in [-0.25, -0.2) is 9.59 Å². The number of benzene rings is 1. The lowest BCUT2D eigenvalue weighted by atomic mass is 9.93. The third kappa shape index (κ3) is 4.45. The van der Waals surface area contributed by atoms with Gasteiger partial charge < -0.3 is 21.5 Å². The molecule has 5 N–H and O–H groups in total. The maximum absolute atomic E-state index is 11.8. The summed E-state index contributed by atoms with van der Waals surface area (Å²) in [7, 11) is 0. The highest BCUT2D eigenvalue weighted by Gasteiger charge is 2.25. The number of hydrogen-bond acceptors (Lipinski definition) is 3. The highest BCUT2D eigenvalue weighted by Crippen LogP contribution is 2.26. The molecule has 0 aliphatic rings. The second kappa shape index (κ2) is 6.57. The molecule has 0 aromatic heterocycles. The Hall–Kier alpha value is -2.09. The van der Waals surface area contributed by atoms with Crippen LogP contribution in [0.5, 0.6) is 0 Å². The number of hydrogen-bond donors (Lipinski definition) is 4. The Kier molecular flexibility index (Phi) is 5.31. The summed E-state index contributed by atoms with van der Waals surface area (Å²) in [5, 5.41) is 14.0. The molecule has 0 heterocycles. The molecule has 0 unspecified atom stereocenters. The molecule has 0 aliphatic heterocycles. The summed E-state index contributed by atoms with van der Waals surface area (Å²) in [4.78, 5) is 34.1. The van der Waals surface area contributed by atoms with E-state index in [-0.39, 0.29) is 17.8 Å². The lowest BCUT2D eigenvalue weighted by molar-refractivity contribution is -0.125. The van der Waals surface area contributed by atoms with Gasteiger partial charge in [-0.3, -0.25) is 4.79 Å². The molecule has 0 saturated carbocycles. The maximum atomic E-state index is 11.8. The van der Waals surface area contributed by atoms with Crippen LogP contribution in [0.3, 0.4) is 0 Å². The van der Waals surface area contributed by atoms with Gasteiger partial charge in [-0.05, 0) is 41.9 Å². The zero-order chi connectivity index (χ0) is 16.2. The van der Waals surface area contributed by atoms with E-state index in [2.05, 4.69) is 26.6 Å². The standard InChI is InChI=1S/C13H16BrN3O4/c1-13(2,11(15)20)6-16-12(21)17-9-7(10(18)19)4-3-5-8(9)14/h3-5H,6H2,1-2H3,(H2,15,20)(H,18,19)(H2,16,17,21). The van der Waals surface area contributed by atoms with Crippen LogP contribution in [0.2, 0.25) is 0 Å². The third-order valence-corrected chi connectivity index (χ3v) is 3.50. The Morgan fingerprint density at radius 2 is 1.95 bits per heavy atom. The fraction of sp³-hybridized carbons (Fsp3) is 0.308. The lowest BCUT2D eigenvalue weighted by Crippen LogP contribution is -2.43. The monoisotopic (exact) mass is 357 g/mol. The zero-order valence-electron chi connectivity index (χ0n) is 11.6. The van der Waals surface area contributed by atoms with Gasteiger partial charge in [-0.15, -0.1) is 0 Å². The molecule has 8 heteroatoms. The van der Waals surface area contributed by atoms with Crippen molar-refractivity contribution in [2.24, 2.45) is 11.1 Å². The molecule has 3 amide bonds. The van der Waals surface area contributed by atoms with Crippen LogP contribution < -0.4 is 16.4 Å². The van der Waals surface area contributed by atoms with Crippen molar-refractivity contribution in [2.45, 2.75) is 13.8 Å². The first kappa shape index (κ1) is 17.0. The second-order valence-corrected chi connectivity index (χ2v) is 5.88. The Labute approximate surface area is 130 Å². The Balaban J connectivity index is 2.81. The van der Waals surface area contributed by atoms with Gasteiger partial charge in [0.1, 0.15) is 0 Å². The predicted octanol–water partition coefficient (Wildman–Crippen LogP) is 1.78. The van der Waals surface area contributed by atoms with Gasteiger partial charge in [0.25, 0.3) is 0 Å². The number of halogens is 1. The molecule has 0 saturated heterocycles. The largest absolute Gasteiger partial charge is 0.478 e. The van der Waals surface area contributed by atoms with Crippen LogP contribution in [-0.4, -0.2) is 29.6 Å². The number of nitrogens with two attached hydrogens (primary N) is 1. The van der Waals surface area contributed by atoms with Crippen molar-refractivity contribution in [3.63, 3.8) is 0 Å². The number of amides is 3. The van der Waals surface area contributed by atoms with E-state index in [9.17, 15) is 14.4 Å². The van der Waals surface area contributed by atoms with E-state index in [1.807, 2.05) is 0 Å². The summed E-state index contributed by atoms with van der Waals surface area (Å²) < 4.78 is 0.437. The van der Waals surface area contributed by atoms with Crippen LogP contribution >= 0.6 is 15.9 Å². The molecule has 0 aliphatic carbocycles. The topological polar surface area (TPSA) is 122 Å². The van der Waals surface area contributed by atoms with Gasteiger partial charge in [0, 0.05) is 11.0 Å². The maximum Gasteiger partial charge on any atom is 0.337 e. The van der Waals surface area contributed by atoms with Crippen molar-refractivity contribution >= 4 is 39.5 Å². The Morgan fingerprint density at radius 3 is 2.48 bits per heavy atom. The van der Waals surface area contributed by atoms with E-state index in [0.29, 0.717) is 4.47 Å². The van der Waals surface area contributed by atoms with Crippen molar-refractivity contribution in [1.29, 1.82) is 0 Å². The summed E-state index contributed by atoms with van der Waals surface area (Å²) >= 11 is 3.18. The van der Waals surface area contributed by atoms with Crippen molar-refractivity contribution in [1.82, 2.24) is 5.32 Å². The summed E-state index contributed by atoms with van der Waals surface area (Å²) in [6.07, 6.45) is 0. The number of anilines is 1. The number of primary amides is 1. The molecule has 0 spiro atoms. The minimum absolute atomic E-state index is 0.0288. The first-order valence-electron chi connectivity index (χ1n) is 6.01. The summed E-state index contributed by atoms with van der Waals surface area (Å²) in [6.45, 7) is 3.22.